The number of carbonyl (C=O) groups is 2. The van der Waals surface area contributed by atoms with E-state index in [1.807, 2.05) is 30.3 Å². The molecule has 0 aliphatic heterocycles. The maximum absolute atomic E-state index is 12.0. The van der Waals surface area contributed by atoms with Crippen LogP contribution in [0.1, 0.15) is 12.0 Å². The zero-order chi connectivity index (χ0) is 15.0. The molecule has 1 rings (SSSR count). The predicted octanol–water partition coefficient (Wildman–Crippen LogP) is 2.30. The summed E-state index contributed by atoms with van der Waals surface area (Å²) in [5.74, 6) is -1.40. The number of esters is 2. The lowest BCUT2D eigenvalue weighted by molar-refractivity contribution is -0.164. The van der Waals surface area contributed by atoms with Crippen molar-refractivity contribution in [3.05, 3.63) is 60.7 Å². The molecule has 0 heterocycles. The highest BCUT2D eigenvalue weighted by Crippen LogP contribution is 2.29. The minimum absolute atomic E-state index is 0.0756. The third-order valence-electron chi connectivity index (χ3n) is 2.82. The smallest absolute Gasteiger partial charge is 0.327 e. The van der Waals surface area contributed by atoms with Gasteiger partial charge in [-0.15, -0.1) is 6.58 Å². The average molecular weight is 273 g/mol. The third-order valence-corrected chi connectivity index (χ3v) is 2.82. The Kier molecular flexibility index (Phi) is 5.72. The van der Waals surface area contributed by atoms with Crippen LogP contribution in [0.5, 0.6) is 0 Å². The van der Waals surface area contributed by atoms with E-state index in [1.165, 1.54) is 26.4 Å². The molecule has 1 radical (unpaired) electrons. The lowest BCUT2D eigenvalue weighted by Crippen LogP contribution is -2.39. The quantitative estimate of drug-likeness (QED) is 0.453. The highest BCUT2D eigenvalue weighted by Gasteiger charge is 2.45. The number of hydrogen-bond donors (Lipinski definition) is 0. The Labute approximate surface area is 118 Å². The summed E-state index contributed by atoms with van der Waals surface area (Å²) in [7, 11) is 2.44. The molecule has 4 heteroatoms. The number of allylic oxidation sites excluding steroid dienone is 1. The third kappa shape index (κ3) is 3.35. The second kappa shape index (κ2) is 7.28. The Bertz CT molecular complexity index is 486. The number of ether oxygens (including phenoxy) is 2. The Morgan fingerprint density at radius 3 is 2.20 bits per heavy atom. The number of methoxy groups -OCH3 is 2. The van der Waals surface area contributed by atoms with E-state index in [4.69, 9.17) is 9.47 Å². The highest BCUT2D eigenvalue weighted by atomic mass is 16.5. The lowest BCUT2D eigenvalue weighted by atomic mass is 9.83. The van der Waals surface area contributed by atoms with Crippen LogP contribution in [0.4, 0.5) is 0 Å². The van der Waals surface area contributed by atoms with Crippen LogP contribution in [-0.2, 0) is 19.1 Å². The van der Waals surface area contributed by atoms with Gasteiger partial charge < -0.3 is 9.47 Å². The molecule has 0 aliphatic carbocycles. The Morgan fingerprint density at radius 2 is 1.75 bits per heavy atom. The van der Waals surface area contributed by atoms with Crippen LogP contribution in [0.2, 0.25) is 0 Å². The molecule has 0 N–H and O–H groups in total. The van der Waals surface area contributed by atoms with E-state index in [-0.39, 0.29) is 6.42 Å². The van der Waals surface area contributed by atoms with Crippen LogP contribution in [0.15, 0.2) is 49.1 Å². The molecule has 1 aromatic rings. The van der Waals surface area contributed by atoms with E-state index >= 15 is 0 Å². The lowest BCUT2D eigenvalue weighted by Gasteiger charge is -2.23. The molecule has 0 unspecified atom stereocenters. The van der Waals surface area contributed by atoms with Crippen molar-refractivity contribution in [3.8, 4) is 0 Å². The maximum Gasteiger partial charge on any atom is 0.327 e. The van der Waals surface area contributed by atoms with Gasteiger partial charge >= 0.3 is 11.9 Å². The van der Waals surface area contributed by atoms with Gasteiger partial charge in [0.15, 0.2) is 5.41 Å². The molecule has 0 fully saturated rings. The summed E-state index contributed by atoms with van der Waals surface area (Å²) in [6.07, 6.45) is 5.85. The Balaban J connectivity index is 3.21. The van der Waals surface area contributed by atoms with E-state index in [0.29, 0.717) is 0 Å². The molecule has 0 spiro atoms. The first-order chi connectivity index (χ1) is 9.60. The fourth-order valence-electron chi connectivity index (χ4n) is 1.76. The average Bonchev–Trinajstić information content (AvgIpc) is 2.50. The van der Waals surface area contributed by atoms with Crippen LogP contribution < -0.4 is 0 Å². The fraction of sp³-hybridized carbons (Fsp3) is 0.250. The van der Waals surface area contributed by atoms with Gasteiger partial charge in [0.2, 0.25) is 0 Å². The summed E-state index contributed by atoms with van der Waals surface area (Å²) in [4.78, 5) is 24.0. The largest absolute Gasteiger partial charge is 0.468 e. The standard InChI is InChI=1S/C16H17O4/c1-4-11-16(14(17)19-2,15(18)20-3)12-10-13-8-6-5-7-9-13/h4-9,12H,1,11H2,2-3H3. The molecule has 0 aromatic heterocycles. The van der Waals surface area contributed by atoms with Crippen LogP contribution in [0.25, 0.3) is 0 Å². The van der Waals surface area contributed by atoms with Gasteiger partial charge in [-0.05, 0) is 24.1 Å². The number of carbonyl (C=O) groups excluding carboxylic acids is 2. The van der Waals surface area contributed by atoms with Crippen molar-refractivity contribution in [2.45, 2.75) is 6.42 Å². The molecule has 1 aromatic carbocycles. The summed E-state index contributed by atoms with van der Waals surface area (Å²) in [5.41, 5.74) is -0.810. The second-order valence-corrected chi connectivity index (χ2v) is 4.10. The monoisotopic (exact) mass is 273 g/mol. The van der Waals surface area contributed by atoms with Gasteiger partial charge in [-0.2, -0.15) is 0 Å². The summed E-state index contributed by atoms with van der Waals surface area (Å²) in [5, 5.41) is 0. The van der Waals surface area contributed by atoms with Gasteiger partial charge in [0.05, 0.1) is 14.2 Å². The minimum Gasteiger partial charge on any atom is -0.468 e. The molecule has 0 aliphatic rings. The van der Waals surface area contributed by atoms with Gasteiger partial charge in [0.1, 0.15) is 0 Å². The van der Waals surface area contributed by atoms with Crippen molar-refractivity contribution >= 4 is 11.9 Å². The van der Waals surface area contributed by atoms with Gasteiger partial charge in [-0.1, -0.05) is 36.4 Å². The van der Waals surface area contributed by atoms with E-state index in [1.54, 1.807) is 0 Å². The molecule has 0 saturated carbocycles. The van der Waals surface area contributed by atoms with Crippen LogP contribution in [0.3, 0.4) is 0 Å². The zero-order valence-electron chi connectivity index (χ0n) is 11.6. The van der Waals surface area contributed by atoms with Crippen molar-refractivity contribution in [2.24, 2.45) is 5.41 Å². The van der Waals surface area contributed by atoms with Crippen molar-refractivity contribution in [1.29, 1.82) is 0 Å². The molecule has 0 saturated heterocycles. The summed E-state index contributed by atoms with van der Waals surface area (Å²) in [6.45, 7) is 3.57. The summed E-state index contributed by atoms with van der Waals surface area (Å²) >= 11 is 0. The molecule has 0 bridgehead atoms. The second-order valence-electron chi connectivity index (χ2n) is 4.10. The first-order valence-corrected chi connectivity index (χ1v) is 6.04. The normalized spacial score (nSPS) is 11.1. The summed E-state index contributed by atoms with van der Waals surface area (Å²) in [6, 6.07) is 9.15. The summed E-state index contributed by atoms with van der Waals surface area (Å²) < 4.78 is 9.44. The van der Waals surface area contributed by atoms with Crippen molar-refractivity contribution in [2.75, 3.05) is 14.2 Å². The first-order valence-electron chi connectivity index (χ1n) is 6.04. The van der Waals surface area contributed by atoms with E-state index < -0.39 is 17.4 Å². The van der Waals surface area contributed by atoms with Crippen molar-refractivity contribution < 1.29 is 19.1 Å². The Morgan fingerprint density at radius 1 is 1.20 bits per heavy atom. The molecular formula is C16H17O4. The molecule has 0 amide bonds. The van der Waals surface area contributed by atoms with E-state index in [0.717, 1.165) is 5.56 Å². The van der Waals surface area contributed by atoms with Crippen LogP contribution >= 0.6 is 0 Å². The van der Waals surface area contributed by atoms with Gasteiger partial charge in [-0.3, -0.25) is 9.59 Å². The van der Waals surface area contributed by atoms with Crippen LogP contribution in [-0.4, -0.2) is 26.2 Å². The van der Waals surface area contributed by atoms with Gasteiger partial charge in [-0.25, -0.2) is 0 Å². The Hall–Kier alpha value is -2.36. The van der Waals surface area contributed by atoms with Gasteiger partial charge in [0, 0.05) is 0 Å². The topological polar surface area (TPSA) is 52.6 Å². The highest BCUT2D eigenvalue weighted by molar-refractivity contribution is 6.02. The predicted molar refractivity (Wildman–Crippen MR) is 74.6 cm³/mol. The van der Waals surface area contributed by atoms with Gasteiger partial charge in [0.25, 0.3) is 0 Å². The molecule has 4 nitrogen and oxygen atoms in total. The van der Waals surface area contributed by atoms with E-state index in [2.05, 4.69) is 12.7 Å². The first kappa shape index (κ1) is 15.7. The van der Waals surface area contributed by atoms with Crippen molar-refractivity contribution in [1.82, 2.24) is 0 Å². The number of rotatable bonds is 6. The number of benzene rings is 1. The molecule has 20 heavy (non-hydrogen) atoms. The zero-order valence-corrected chi connectivity index (χ0v) is 11.6. The minimum atomic E-state index is -1.55. The molecular weight excluding hydrogens is 256 g/mol. The number of hydrogen-bond acceptors (Lipinski definition) is 4. The van der Waals surface area contributed by atoms with Crippen molar-refractivity contribution in [3.63, 3.8) is 0 Å². The molecule has 105 valence electrons. The SMILES string of the molecule is C=CCC(C=[C]c1ccccc1)(C(=O)OC)C(=O)OC. The van der Waals surface area contributed by atoms with Crippen LogP contribution in [0, 0.1) is 11.5 Å². The molecule has 0 atom stereocenters. The van der Waals surface area contributed by atoms with E-state index in [9.17, 15) is 9.59 Å². The fourth-order valence-corrected chi connectivity index (χ4v) is 1.76. The maximum atomic E-state index is 12.0.